The Morgan fingerprint density at radius 3 is 2.57 bits per heavy atom. The summed E-state index contributed by atoms with van der Waals surface area (Å²) in [5, 5.41) is 0. The monoisotopic (exact) mass is 185 g/mol. The molecule has 0 unspecified atom stereocenters. The van der Waals surface area contributed by atoms with Gasteiger partial charge < -0.3 is 4.57 Å². The van der Waals surface area contributed by atoms with Crippen molar-refractivity contribution in [2.45, 2.75) is 19.8 Å². The standard InChI is InChI=1S/C13H15N/c1-2-6-12-7-5-8-13(11-12)14-9-3-4-10-14/h3-5,7-11H,2,6H2,1H3. The van der Waals surface area contributed by atoms with Gasteiger partial charge in [0, 0.05) is 18.1 Å². The fourth-order valence-corrected chi connectivity index (χ4v) is 1.67. The molecule has 0 aliphatic rings. The van der Waals surface area contributed by atoms with Crippen LogP contribution < -0.4 is 0 Å². The van der Waals surface area contributed by atoms with Crippen molar-refractivity contribution in [2.75, 3.05) is 0 Å². The molecule has 14 heavy (non-hydrogen) atoms. The first-order valence-corrected chi connectivity index (χ1v) is 5.12. The Morgan fingerprint density at radius 2 is 1.86 bits per heavy atom. The van der Waals surface area contributed by atoms with Crippen LogP contribution in [0, 0.1) is 0 Å². The van der Waals surface area contributed by atoms with Crippen molar-refractivity contribution in [1.29, 1.82) is 0 Å². The average Bonchev–Trinajstić information content (AvgIpc) is 2.71. The van der Waals surface area contributed by atoms with Crippen LogP contribution in [-0.4, -0.2) is 4.57 Å². The zero-order chi connectivity index (χ0) is 9.80. The average molecular weight is 185 g/mol. The summed E-state index contributed by atoms with van der Waals surface area (Å²) >= 11 is 0. The van der Waals surface area contributed by atoms with Crippen molar-refractivity contribution in [1.82, 2.24) is 4.57 Å². The maximum Gasteiger partial charge on any atom is 0.0452 e. The number of nitrogens with zero attached hydrogens (tertiary/aromatic N) is 1. The third kappa shape index (κ3) is 1.87. The van der Waals surface area contributed by atoms with Gasteiger partial charge in [0.25, 0.3) is 0 Å². The highest BCUT2D eigenvalue weighted by Crippen LogP contribution is 2.12. The van der Waals surface area contributed by atoms with Crippen LogP contribution in [0.25, 0.3) is 5.69 Å². The molecule has 0 aliphatic carbocycles. The molecule has 0 amide bonds. The summed E-state index contributed by atoms with van der Waals surface area (Å²) in [6, 6.07) is 12.8. The van der Waals surface area contributed by atoms with E-state index in [4.69, 9.17) is 0 Å². The molecule has 0 N–H and O–H groups in total. The van der Waals surface area contributed by atoms with Crippen LogP contribution in [0.15, 0.2) is 48.8 Å². The van der Waals surface area contributed by atoms with Gasteiger partial charge in [0.15, 0.2) is 0 Å². The predicted molar refractivity (Wildman–Crippen MR) is 59.8 cm³/mol. The Balaban J connectivity index is 2.31. The molecule has 0 bridgehead atoms. The number of aromatic nitrogens is 1. The molecule has 0 fully saturated rings. The van der Waals surface area contributed by atoms with Crippen LogP contribution >= 0.6 is 0 Å². The molecule has 1 aromatic heterocycles. The molecule has 2 aromatic rings. The van der Waals surface area contributed by atoms with E-state index < -0.39 is 0 Å². The first-order valence-electron chi connectivity index (χ1n) is 5.12. The summed E-state index contributed by atoms with van der Waals surface area (Å²) in [4.78, 5) is 0. The highest BCUT2D eigenvalue weighted by molar-refractivity contribution is 5.36. The largest absolute Gasteiger partial charge is 0.324 e. The molecule has 1 heterocycles. The van der Waals surface area contributed by atoms with Crippen LogP contribution in [0.2, 0.25) is 0 Å². The third-order valence-electron chi connectivity index (χ3n) is 2.35. The first-order chi connectivity index (χ1) is 6.90. The lowest BCUT2D eigenvalue weighted by atomic mass is 10.1. The molecule has 72 valence electrons. The van der Waals surface area contributed by atoms with E-state index in [0.717, 1.165) is 6.42 Å². The molecule has 1 aromatic carbocycles. The van der Waals surface area contributed by atoms with Gasteiger partial charge in [-0.1, -0.05) is 25.5 Å². The van der Waals surface area contributed by atoms with Crippen molar-refractivity contribution in [3.63, 3.8) is 0 Å². The summed E-state index contributed by atoms with van der Waals surface area (Å²) in [5.41, 5.74) is 2.67. The summed E-state index contributed by atoms with van der Waals surface area (Å²) in [7, 11) is 0. The van der Waals surface area contributed by atoms with Gasteiger partial charge in [-0.25, -0.2) is 0 Å². The Labute approximate surface area is 85.0 Å². The van der Waals surface area contributed by atoms with Crippen molar-refractivity contribution in [3.8, 4) is 5.69 Å². The predicted octanol–water partition coefficient (Wildman–Crippen LogP) is 3.43. The van der Waals surface area contributed by atoms with Gasteiger partial charge in [-0.05, 0) is 36.2 Å². The minimum Gasteiger partial charge on any atom is -0.324 e. The summed E-state index contributed by atoms with van der Waals surface area (Å²) in [5.74, 6) is 0. The number of benzene rings is 1. The minimum atomic E-state index is 1.16. The maximum atomic E-state index is 2.25. The Morgan fingerprint density at radius 1 is 1.07 bits per heavy atom. The second-order valence-corrected chi connectivity index (χ2v) is 3.51. The number of hydrogen-bond donors (Lipinski definition) is 0. The number of rotatable bonds is 3. The van der Waals surface area contributed by atoms with E-state index in [-0.39, 0.29) is 0 Å². The molecule has 1 nitrogen and oxygen atoms in total. The van der Waals surface area contributed by atoms with Crippen molar-refractivity contribution in [2.24, 2.45) is 0 Å². The van der Waals surface area contributed by atoms with Gasteiger partial charge >= 0.3 is 0 Å². The fourth-order valence-electron chi connectivity index (χ4n) is 1.67. The molecule has 0 saturated heterocycles. The van der Waals surface area contributed by atoms with Crippen LogP contribution in [0.1, 0.15) is 18.9 Å². The Bertz CT molecular complexity index is 387. The summed E-state index contributed by atoms with van der Waals surface area (Å²) in [6.45, 7) is 2.21. The second kappa shape index (κ2) is 4.14. The fraction of sp³-hybridized carbons (Fsp3) is 0.231. The first kappa shape index (κ1) is 9.07. The van der Waals surface area contributed by atoms with Gasteiger partial charge in [-0.15, -0.1) is 0 Å². The molecular weight excluding hydrogens is 170 g/mol. The molecular formula is C13H15N. The van der Waals surface area contributed by atoms with E-state index in [1.54, 1.807) is 0 Å². The third-order valence-corrected chi connectivity index (χ3v) is 2.35. The molecule has 0 spiro atoms. The molecule has 2 rings (SSSR count). The molecule has 0 radical (unpaired) electrons. The van der Waals surface area contributed by atoms with Crippen molar-refractivity contribution in [3.05, 3.63) is 54.4 Å². The van der Waals surface area contributed by atoms with Crippen LogP contribution in [0.5, 0.6) is 0 Å². The topological polar surface area (TPSA) is 4.93 Å². The van der Waals surface area contributed by atoms with E-state index >= 15 is 0 Å². The van der Waals surface area contributed by atoms with E-state index in [9.17, 15) is 0 Å². The van der Waals surface area contributed by atoms with Crippen LogP contribution in [0.3, 0.4) is 0 Å². The molecule has 1 heteroatoms. The van der Waals surface area contributed by atoms with E-state index in [0.29, 0.717) is 0 Å². The SMILES string of the molecule is CCCc1cccc(-n2cccc2)c1. The van der Waals surface area contributed by atoms with E-state index in [1.165, 1.54) is 17.7 Å². The molecule has 0 saturated carbocycles. The highest BCUT2D eigenvalue weighted by atomic mass is 14.9. The zero-order valence-corrected chi connectivity index (χ0v) is 8.48. The minimum absolute atomic E-state index is 1.16. The lowest BCUT2D eigenvalue weighted by Gasteiger charge is -2.05. The van der Waals surface area contributed by atoms with Gasteiger partial charge in [0.2, 0.25) is 0 Å². The van der Waals surface area contributed by atoms with Gasteiger partial charge in [0.1, 0.15) is 0 Å². The van der Waals surface area contributed by atoms with Gasteiger partial charge in [-0.3, -0.25) is 0 Å². The number of hydrogen-bond acceptors (Lipinski definition) is 0. The van der Waals surface area contributed by atoms with Crippen molar-refractivity contribution >= 4 is 0 Å². The molecule has 0 aliphatic heterocycles. The lowest BCUT2D eigenvalue weighted by molar-refractivity contribution is 0.917. The lowest BCUT2D eigenvalue weighted by Crippen LogP contribution is -1.91. The second-order valence-electron chi connectivity index (χ2n) is 3.51. The molecule has 0 atom stereocenters. The zero-order valence-electron chi connectivity index (χ0n) is 8.48. The normalized spacial score (nSPS) is 10.4. The Kier molecular flexibility index (Phi) is 2.68. The van der Waals surface area contributed by atoms with Gasteiger partial charge in [0.05, 0.1) is 0 Å². The van der Waals surface area contributed by atoms with E-state index in [1.807, 2.05) is 12.1 Å². The van der Waals surface area contributed by atoms with Crippen LogP contribution in [-0.2, 0) is 6.42 Å². The summed E-state index contributed by atoms with van der Waals surface area (Å²) < 4.78 is 2.14. The van der Waals surface area contributed by atoms with Crippen molar-refractivity contribution < 1.29 is 0 Å². The summed E-state index contributed by atoms with van der Waals surface area (Å²) in [6.07, 6.45) is 6.51. The smallest absolute Gasteiger partial charge is 0.0452 e. The Hall–Kier alpha value is -1.50. The number of aryl methyl sites for hydroxylation is 1. The van der Waals surface area contributed by atoms with E-state index in [2.05, 4.69) is 48.1 Å². The quantitative estimate of drug-likeness (QED) is 0.690. The van der Waals surface area contributed by atoms with Gasteiger partial charge in [-0.2, -0.15) is 0 Å². The van der Waals surface area contributed by atoms with Crippen LogP contribution in [0.4, 0.5) is 0 Å². The maximum absolute atomic E-state index is 2.25. The highest BCUT2D eigenvalue weighted by Gasteiger charge is 1.95.